The number of hydrogen-bond acceptors (Lipinski definition) is 2. The molecule has 2 aromatic rings. The largest absolute Gasteiger partial charge is 0.399 e. The molecule has 0 aliphatic carbocycles. The molecule has 0 heterocycles. The first kappa shape index (κ1) is 12.9. The van der Waals surface area contributed by atoms with Gasteiger partial charge in [0, 0.05) is 22.7 Å². The normalized spacial score (nSPS) is 10.3. The first-order valence-electron chi connectivity index (χ1n) is 5.39. The quantitative estimate of drug-likeness (QED) is 0.682. The highest BCUT2D eigenvalue weighted by molar-refractivity contribution is 6.34. The molecule has 0 saturated carbocycles. The van der Waals surface area contributed by atoms with Gasteiger partial charge in [0.15, 0.2) is 5.78 Å². The average molecular weight is 280 g/mol. The number of halogens is 2. The Balaban J connectivity index is 2.22. The van der Waals surface area contributed by atoms with Gasteiger partial charge < -0.3 is 5.73 Å². The number of carbonyl (C=O) groups excluding carboxylic acids is 1. The second-order valence-corrected chi connectivity index (χ2v) is 4.81. The standard InChI is InChI=1S/C14H11Cl2NO/c15-10-3-1-2-9(6-10)7-14(18)12-5-4-11(17)8-13(12)16/h1-6,8H,7,17H2. The van der Waals surface area contributed by atoms with E-state index in [0.29, 0.717) is 21.3 Å². The molecule has 0 saturated heterocycles. The van der Waals surface area contributed by atoms with Crippen molar-refractivity contribution >= 4 is 34.7 Å². The maximum absolute atomic E-state index is 12.1. The maximum atomic E-state index is 12.1. The van der Waals surface area contributed by atoms with Crippen LogP contribution in [0.4, 0.5) is 5.69 Å². The molecule has 0 spiro atoms. The third-order valence-electron chi connectivity index (χ3n) is 2.55. The summed E-state index contributed by atoms with van der Waals surface area (Å²) in [4.78, 5) is 12.1. The molecule has 0 unspecified atom stereocenters. The molecule has 0 amide bonds. The number of Topliss-reactive ketones (excluding diaryl/α,β-unsaturated/α-hetero) is 1. The van der Waals surface area contributed by atoms with Crippen molar-refractivity contribution in [3.05, 3.63) is 63.6 Å². The van der Waals surface area contributed by atoms with Crippen LogP contribution in [-0.2, 0) is 6.42 Å². The summed E-state index contributed by atoms with van der Waals surface area (Å²) in [7, 11) is 0. The number of ketones is 1. The highest BCUT2D eigenvalue weighted by Crippen LogP contribution is 2.21. The van der Waals surface area contributed by atoms with Crippen LogP contribution >= 0.6 is 23.2 Å². The van der Waals surface area contributed by atoms with Crippen LogP contribution in [0.5, 0.6) is 0 Å². The van der Waals surface area contributed by atoms with Gasteiger partial charge in [0.25, 0.3) is 0 Å². The lowest BCUT2D eigenvalue weighted by molar-refractivity contribution is 0.0993. The molecule has 2 nitrogen and oxygen atoms in total. The van der Waals surface area contributed by atoms with Crippen LogP contribution in [-0.4, -0.2) is 5.78 Å². The summed E-state index contributed by atoms with van der Waals surface area (Å²) >= 11 is 11.9. The smallest absolute Gasteiger partial charge is 0.168 e. The number of benzene rings is 2. The van der Waals surface area contributed by atoms with E-state index in [1.807, 2.05) is 12.1 Å². The Kier molecular flexibility index (Phi) is 3.90. The van der Waals surface area contributed by atoms with E-state index in [1.165, 1.54) is 0 Å². The molecular formula is C14H11Cl2NO. The van der Waals surface area contributed by atoms with E-state index in [1.54, 1.807) is 30.3 Å². The van der Waals surface area contributed by atoms with Crippen LogP contribution in [0.1, 0.15) is 15.9 Å². The van der Waals surface area contributed by atoms with E-state index >= 15 is 0 Å². The van der Waals surface area contributed by atoms with Crippen LogP contribution in [0.15, 0.2) is 42.5 Å². The SMILES string of the molecule is Nc1ccc(C(=O)Cc2cccc(Cl)c2)c(Cl)c1. The van der Waals surface area contributed by atoms with Crippen molar-refractivity contribution in [2.24, 2.45) is 0 Å². The molecule has 92 valence electrons. The minimum absolute atomic E-state index is 0.0535. The molecule has 2 N–H and O–H groups in total. The predicted molar refractivity (Wildman–Crippen MR) is 75.4 cm³/mol. The molecule has 18 heavy (non-hydrogen) atoms. The van der Waals surface area contributed by atoms with Gasteiger partial charge in [-0.1, -0.05) is 35.3 Å². The van der Waals surface area contributed by atoms with Crippen molar-refractivity contribution < 1.29 is 4.79 Å². The summed E-state index contributed by atoms with van der Waals surface area (Å²) in [5, 5.41) is 0.991. The van der Waals surface area contributed by atoms with Crippen LogP contribution in [0.2, 0.25) is 10.0 Å². The van der Waals surface area contributed by atoms with E-state index in [2.05, 4.69) is 0 Å². The highest BCUT2D eigenvalue weighted by Gasteiger charge is 2.11. The highest BCUT2D eigenvalue weighted by atomic mass is 35.5. The summed E-state index contributed by atoms with van der Waals surface area (Å²) < 4.78 is 0. The number of hydrogen-bond donors (Lipinski definition) is 1. The monoisotopic (exact) mass is 279 g/mol. The Hall–Kier alpha value is -1.51. The minimum atomic E-state index is -0.0535. The summed E-state index contributed by atoms with van der Waals surface area (Å²) in [6.45, 7) is 0. The number of nitrogen functional groups attached to an aromatic ring is 1. The minimum Gasteiger partial charge on any atom is -0.399 e. The van der Waals surface area contributed by atoms with Gasteiger partial charge in [-0.15, -0.1) is 0 Å². The van der Waals surface area contributed by atoms with E-state index in [4.69, 9.17) is 28.9 Å². The lowest BCUT2D eigenvalue weighted by Crippen LogP contribution is -2.04. The summed E-state index contributed by atoms with van der Waals surface area (Å²) in [6, 6.07) is 12.1. The van der Waals surface area contributed by atoms with Crippen LogP contribution < -0.4 is 5.73 Å². The Morgan fingerprint density at radius 3 is 2.56 bits per heavy atom. The van der Waals surface area contributed by atoms with Gasteiger partial charge in [-0.25, -0.2) is 0 Å². The Bertz CT molecular complexity index is 596. The molecule has 0 fully saturated rings. The van der Waals surface area contributed by atoms with Gasteiger partial charge in [-0.3, -0.25) is 4.79 Å². The third-order valence-corrected chi connectivity index (χ3v) is 3.10. The van der Waals surface area contributed by atoms with Crippen molar-refractivity contribution in [3.63, 3.8) is 0 Å². The molecule has 0 radical (unpaired) electrons. The van der Waals surface area contributed by atoms with Crippen molar-refractivity contribution in [3.8, 4) is 0 Å². The number of carbonyl (C=O) groups is 1. The second-order valence-electron chi connectivity index (χ2n) is 3.97. The Morgan fingerprint density at radius 1 is 1.11 bits per heavy atom. The van der Waals surface area contributed by atoms with E-state index in [9.17, 15) is 4.79 Å². The molecule has 2 rings (SSSR count). The fourth-order valence-corrected chi connectivity index (χ4v) is 2.19. The van der Waals surface area contributed by atoms with Crippen molar-refractivity contribution in [2.75, 3.05) is 5.73 Å². The maximum Gasteiger partial charge on any atom is 0.168 e. The molecular weight excluding hydrogens is 269 g/mol. The van der Waals surface area contributed by atoms with E-state index in [0.717, 1.165) is 5.56 Å². The zero-order valence-corrected chi connectivity index (χ0v) is 11.0. The Morgan fingerprint density at radius 2 is 1.89 bits per heavy atom. The van der Waals surface area contributed by atoms with Gasteiger partial charge in [-0.2, -0.15) is 0 Å². The Labute approximate surface area is 115 Å². The fourth-order valence-electron chi connectivity index (χ4n) is 1.69. The lowest BCUT2D eigenvalue weighted by atomic mass is 10.0. The van der Waals surface area contributed by atoms with Gasteiger partial charge in [0.05, 0.1) is 5.02 Å². The van der Waals surface area contributed by atoms with Gasteiger partial charge in [0.2, 0.25) is 0 Å². The van der Waals surface area contributed by atoms with Crippen LogP contribution in [0, 0.1) is 0 Å². The molecule has 0 bridgehead atoms. The zero-order chi connectivity index (χ0) is 13.1. The zero-order valence-electron chi connectivity index (χ0n) is 9.49. The first-order chi connectivity index (χ1) is 8.56. The first-order valence-corrected chi connectivity index (χ1v) is 6.14. The summed E-state index contributed by atoms with van der Waals surface area (Å²) in [5.41, 5.74) is 7.47. The summed E-state index contributed by atoms with van der Waals surface area (Å²) in [6.07, 6.45) is 0.268. The lowest BCUT2D eigenvalue weighted by Gasteiger charge is -2.05. The second kappa shape index (κ2) is 5.42. The van der Waals surface area contributed by atoms with Gasteiger partial charge in [0.1, 0.15) is 0 Å². The molecule has 0 atom stereocenters. The molecule has 0 aromatic heterocycles. The fraction of sp³-hybridized carbons (Fsp3) is 0.0714. The van der Waals surface area contributed by atoms with Gasteiger partial charge in [-0.05, 0) is 35.9 Å². The van der Waals surface area contributed by atoms with Crippen molar-refractivity contribution in [2.45, 2.75) is 6.42 Å². The predicted octanol–water partition coefficient (Wildman–Crippen LogP) is 4.00. The number of rotatable bonds is 3. The van der Waals surface area contributed by atoms with Gasteiger partial charge >= 0.3 is 0 Å². The third kappa shape index (κ3) is 3.03. The number of nitrogens with two attached hydrogens (primary N) is 1. The average Bonchev–Trinajstić information content (AvgIpc) is 2.28. The van der Waals surface area contributed by atoms with E-state index < -0.39 is 0 Å². The van der Waals surface area contributed by atoms with Crippen molar-refractivity contribution in [1.82, 2.24) is 0 Å². The van der Waals surface area contributed by atoms with Crippen LogP contribution in [0.25, 0.3) is 0 Å². The molecule has 0 aliphatic rings. The number of anilines is 1. The van der Waals surface area contributed by atoms with E-state index in [-0.39, 0.29) is 12.2 Å². The molecule has 0 aliphatic heterocycles. The van der Waals surface area contributed by atoms with Crippen LogP contribution in [0.3, 0.4) is 0 Å². The topological polar surface area (TPSA) is 43.1 Å². The summed E-state index contributed by atoms with van der Waals surface area (Å²) in [5.74, 6) is -0.0535. The molecule has 4 heteroatoms. The van der Waals surface area contributed by atoms with Crippen molar-refractivity contribution in [1.29, 1.82) is 0 Å². The molecule has 2 aromatic carbocycles.